The summed E-state index contributed by atoms with van der Waals surface area (Å²) in [4.78, 5) is 32.2. The molecule has 144 valence electrons. The summed E-state index contributed by atoms with van der Waals surface area (Å²) in [6.07, 6.45) is 2.98. The zero-order valence-corrected chi connectivity index (χ0v) is 16.2. The molecule has 1 aliphatic heterocycles. The lowest BCUT2D eigenvalue weighted by Gasteiger charge is -2.35. The third kappa shape index (κ3) is 3.61. The molecular weight excluding hydrogens is 344 g/mol. The SMILES string of the molecule is CCOC(=O)C(=O)N1CCN(c2nc(C(C)C)c3c(c2C#N)CCC3)CC1. The number of pyridine rings is 1. The normalized spacial score (nSPS) is 16.3. The molecule has 2 heterocycles. The molecule has 0 radical (unpaired) electrons. The summed E-state index contributed by atoms with van der Waals surface area (Å²) in [5, 5.41) is 9.77. The van der Waals surface area contributed by atoms with Gasteiger partial charge in [-0.3, -0.25) is 4.79 Å². The fraction of sp³-hybridized carbons (Fsp3) is 0.600. The molecule has 7 heteroatoms. The molecule has 1 fully saturated rings. The Labute approximate surface area is 159 Å². The Morgan fingerprint density at radius 3 is 2.44 bits per heavy atom. The van der Waals surface area contributed by atoms with E-state index in [-0.39, 0.29) is 6.61 Å². The Hall–Kier alpha value is -2.62. The van der Waals surface area contributed by atoms with E-state index in [9.17, 15) is 14.9 Å². The number of hydrogen-bond donors (Lipinski definition) is 0. The highest BCUT2D eigenvalue weighted by Gasteiger charge is 2.31. The Kier molecular flexibility index (Phi) is 5.64. The van der Waals surface area contributed by atoms with Crippen LogP contribution in [0.4, 0.5) is 5.82 Å². The molecule has 1 aromatic rings. The van der Waals surface area contributed by atoms with E-state index >= 15 is 0 Å². The maximum atomic E-state index is 12.1. The van der Waals surface area contributed by atoms with E-state index in [1.54, 1.807) is 6.92 Å². The summed E-state index contributed by atoms with van der Waals surface area (Å²) in [7, 11) is 0. The minimum atomic E-state index is -0.804. The minimum Gasteiger partial charge on any atom is -0.459 e. The van der Waals surface area contributed by atoms with Gasteiger partial charge in [0.05, 0.1) is 12.2 Å². The molecule has 0 unspecified atom stereocenters. The van der Waals surface area contributed by atoms with Crippen molar-refractivity contribution in [2.75, 3.05) is 37.7 Å². The fourth-order valence-electron chi connectivity index (χ4n) is 3.94. The van der Waals surface area contributed by atoms with Gasteiger partial charge in [0.2, 0.25) is 0 Å². The molecule has 1 aliphatic carbocycles. The Bertz CT molecular complexity index is 789. The summed E-state index contributed by atoms with van der Waals surface area (Å²) in [5.41, 5.74) is 4.16. The number of ether oxygens (including phenoxy) is 1. The number of esters is 1. The van der Waals surface area contributed by atoms with E-state index in [2.05, 4.69) is 24.8 Å². The third-order valence-corrected chi connectivity index (χ3v) is 5.25. The molecule has 27 heavy (non-hydrogen) atoms. The number of carbonyl (C=O) groups excluding carboxylic acids is 2. The largest absolute Gasteiger partial charge is 0.459 e. The van der Waals surface area contributed by atoms with Crippen molar-refractivity contribution in [3.05, 3.63) is 22.4 Å². The number of amides is 1. The van der Waals surface area contributed by atoms with Gasteiger partial charge in [-0.1, -0.05) is 13.8 Å². The summed E-state index contributed by atoms with van der Waals surface area (Å²) in [5.74, 6) is -0.372. The third-order valence-electron chi connectivity index (χ3n) is 5.25. The lowest BCUT2D eigenvalue weighted by molar-refractivity contribution is -0.160. The fourth-order valence-corrected chi connectivity index (χ4v) is 3.94. The summed E-state index contributed by atoms with van der Waals surface area (Å²) < 4.78 is 4.80. The molecule has 7 nitrogen and oxygen atoms in total. The average molecular weight is 370 g/mol. The van der Waals surface area contributed by atoms with Crippen molar-refractivity contribution in [2.45, 2.75) is 46.0 Å². The number of nitrogens with zero attached hydrogens (tertiary/aromatic N) is 4. The standard InChI is InChI=1S/C20H26N4O3/c1-4-27-20(26)19(25)24-10-8-23(9-11-24)18-16(12-21)14-6-5-7-15(14)17(22-18)13(2)3/h13H,4-11H2,1-3H3. The first-order valence-corrected chi connectivity index (χ1v) is 9.64. The molecular formula is C20H26N4O3. The number of piperazine rings is 1. The van der Waals surface area contributed by atoms with Crippen molar-refractivity contribution in [3.63, 3.8) is 0 Å². The van der Waals surface area contributed by atoms with E-state index in [0.29, 0.717) is 37.7 Å². The van der Waals surface area contributed by atoms with Crippen LogP contribution in [0, 0.1) is 11.3 Å². The number of aromatic nitrogens is 1. The topological polar surface area (TPSA) is 86.5 Å². The van der Waals surface area contributed by atoms with Gasteiger partial charge >= 0.3 is 11.9 Å². The van der Waals surface area contributed by atoms with Crippen molar-refractivity contribution in [1.82, 2.24) is 9.88 Å². The Balaban J connectivity index is 1.82. The van der Waals surface area contributed by atoms with Gasteiger partial charge < -0.3 is 14.5 Å². The highest BCUT2D eigenvalue weighted by atomic mass is 16.5. The van der Waals surface area contributed by atoms with Crippen LogP contribution in [0.15, 0.2) is 0 Å². The van der Waals surface area contributed by atoms with Gasteiger partial charge in [-0.15, -0.1) is 0 Å². The monoisotopic (exact) mass is 370 g/mol. The van der Waals surface area contributed by atoms with Crippen LogP contribution in [0.3, 0.4) is 0 Å². The Morgan fingerprint density at radius 2 is 1.85 bits per heavy atom. The average Bonchev–Trinajstić information content (AvgIpc) is 3.15. The lowest BCUT2D eigenvalue weighted by Crippen LogP contribution is -2.51. The molecule has 0 N–H and O–H groups in total. The van der Waals surface area contributed by atoms with Gasteiger partial charge in [-0.2, -0.15) is 5.26 Å². The number of fused-ring (bicyclic) bond motifs is 1. The first-order valence-electron chi connectivity index (χ1n) is 9.64. The van der Waals surface area contributed by atoms with Gasteiger partial charge in [-0.05, 0) is 43.2 Å². The van der Waals surface area contributed by atoms with Crippen LogP contribution >= 0.6 is 0 Å². The number of carbonyl (C=O) groups is 2. The molecule has 0 spiro atoms. The number of hydrogen-bond acceptors (Lipinski definition) is 6. The van der Waals surface area contributed by atoms with E-state index in [1.807, 2.05) is 0 Å². The van der Waals surface area contributed by atoms with E-state index in [4.69, 9.17) is 9.72 Å². The summed E-state index contributed by atoms with van der Waals surface area (Å²) in [6, 6.07) is 2.37. The smallest absolute Gasteiger partial charge is 0.397 e. The van der Waals surface area contributed by atoms with Crippen molar-refractivity contribution in [1.29, 1.82) is 5.26 Å². The molecule has 0 aromatic carbocycles. The predicted octanol–water partition coefficient (Wildman–Crippen LogP) is 1.78. The van der Waals surface area contributed by atoms with E-state index in [0.717, 1.165) is 36.3 Å². The summed E-state index contributed by atoms with van der Waals surface area (Å²) >= 11 is 0. The molecule has 1 amide bonds. The summed E-state index contributed by atoms with van der Waals surface area (Å²) in [6.45, 7) is 8.05. The van der Waals surface area contributed by atoms with Crippen LogP contribution in [0.5, 0.6) is 0 Å². The van der Waals surface area contributed by atoms with Crippen molar-refractivity contribution >= 4 is 17.7 Å². The number of rotatable bonds is 3. The van der Waals surface area contributed by atoms with Gasteiger partial charge in [-0.25, -0.2) is 9.78 Å². The molecule has 0 bridgehead atoms. The first kappa shape index (κ1) is 19.2. The van der Waals surface area contributed by atoms with E-state index in [1.165, 1.54) is 10.5 Å². The van der Waals surface area contributed by atoms with Crippen LogP contribution in [0.1, 0.15) is 55.5 Å². The molecule has 0 atom stereocenters. The van der Waals surface area contributed by atoms with Crippen LogP contribution in [0.25, 0.3) is 0 Å². The van der Waals surface area contributed by atoms with Crippen LogP contribution in [-0.2, 0) is 27.2 Å². The van der Waals surface area contributed by atoms with Gasteiger partial charge in [0.1, 0.15) is 11.9 Å². The van der Waals surface area contributed by atoms with Crippen LogP contribution in [0.2, 0.25) is 0 Å². The predicted molar refractivity (Wildman–Crippen MR) is 100 cm³/mol. The molecule has 0 saturated carbocycles. The highest BCUT2D eigenvalue weighted by molar-refractivity contribution is 6.32. The first-order chi connectivity index (χ1) is 13.0. The zero-order chi connectivity index (χ0) is 19.6. The maximum Gasteiger partial charge on any atom is 0.397 e. The zero-order valence-electron chi connectivity index (χ0n) is 16.2. The Morgan fingerprint density at radius 1 is 1.19 bits per heavy atom. The number of anilines is 1. The van der Waals surface area contributed by atoms with Crippen molar-refractivity contribution in [2.24, 2.45) is 0 Å². The second-order valence-corrected chi connectivity index (χ2v) is 7.27. The second-order valence-electron chi connectivity index (χ2n) is 7.27. The van der Waals surface area contributed by atoms with Crippen LogP contribution < -0.4 is 4.90 Å². The maximum absolute atomic E-state index is 12.1. The molecule has 1 saturated heterocycles. The molecule has 1 aromatic heterocycles. The minimum absolute atomic E-state index is 0.188. The highest BCUT2D eigenvalue weighted by Crippen LogP contribution is 2.35. The number of nitriles is 1. The van der Waals surface area contributed by atoms with Gasteiger partial charge in [0.15, 0.2) is 0 Å². The van der Waals surface area contributed by atoms with Crippen molar-refractivity contribution in [3.8, 4) is 6.07 Å². The molecule has 2 aliphatic rings. The van der Waals surface area contributed by atoms with Gasteiger partial charge in [0, 0.05) is 31.9 Å². The molecule has 3 rings (SSSR count). The second kappa shape index (κ2) is 7.95. The van der Waals surface area contributed by atoms with Crippen LogP contribution in [-0.4, -0.2) is 54.5 Å². The van der Waals surface area contributed by atoms with Gasteiger partial charge in [0.25, 0.3) is 0 Å². The van der Waals surface area contributed by atoms with Crippen molar-refractivity contribution < 1.29 is 14.3 Å². The quantitative estimate of drug-likeness (QED) is 0.595. The lowest BCUT2D eigenvalue weighted by atomic mass is 9.97. The van der Waals surface area contributed by atoms with E-state index < -0.39 is 11.9 Å².